The number of hydrogen-bond donors (Lipinski definition) is 2. The van der Waals surface area contributed by atoms with Crippen LogP contribution in [0.4, 0.5) is 0 Å². The van der Waals surface area contributed by atoms with Gasteiger partial charge in [-0.2, -0.15) is 5.84 Å². The third-order valence-electron chi connectivity index (χ3n) is 5.97. The fraction of sp³-hybridized carbons (Fsp3) is 1.00. The lowest BCUT2D eigenvalue weighted by Gasteiger charge is -2.37. The van der Waals surface area contributed by atoms with Crippen LogP contribution < -0.4 is 11.0 Å². The van der Waals surface area contributed by atoms with Gasteiger partial charge in [0.1, 0.15) is 5.54 Å². The average molecular weight is 299 g/mol. The van der Waals surface area contributed by atoms with Crippen LogP contribution in [0.5, 0.6) is 0 Å². The number of quaternary nitrogens is 1. The molecule has 0 aliphatic heterocycles. The standard InChI is InChI=1S/C18H38N2O/c1-4-17(2)13-9-5-7-11-15-18(3,20(19)21)16-12-8-6-10-14-17/h20H,4-16,19H2,1-3H3. The Balaban J connectivity index is 2.51. The molecule has 0 spiro atoms. The highest BCUT2D eigenvalue weighted by Gasteiger charge is 2.29. The second-order valence-corrected chi connectivity index (χ2v) is 7.92. The molecule has 1 aliphatic rings. The summed E-state index contributed by atoms with van der Waals surface area (Å²) in [6.07, 6.45) is 16.1. The average Bonchev–Trinajstić information content (AvgIpc) is 2.45. The van der Waals surface area contributed by atoms with Crippen molar-refractivity contribution in [3.8, 4) is 0 Å². The first-order chi connectivity index (χ1) is 9.92. The highest BCUT2D eigenvalue weighted by molar-refractivity contribution is 4.76. The minimum absolute atomic E-state index is 0.0897. The lowest BCUT2D eigenvalue weighted by atomic mass is 9.77. The van der Waals surface area contributed by atoms with Gasteiger partial charge in [-0.15, -0.1) is 0 Å². The summed E-state index contributed by atoms with van der Waals surface area (Å²) in [5.41, 5.74) is 0.300. The summed E-state index contributed by atoms with van der Waals surface area (Å²) in [5.74, 6) is 5.65. The lowest BCUT2D eigenvalue weighted by Crippen LogP contribution is -3.21. The van der Waals surface area contributed by atoms with Crippen molar-refractivity contribution < 1.29 is 5.17 Å². The van der Waals surface area contributed by atoms with Crippen LogP contribution >= 0.6 is 0 Å². The molecule has 3 nitrogen and oxygen atoms in total. The van der Waals surface area contributed by atoms with Gasteiger partial charge in [-0.05, 0) is 38.0 Å². The topological polar surface area (TPSA) is 53.5 Å². The van der Waals surface area contributed by atoms with E-state index in [9.17, 15) is 5.21 Å². The highest BCUT2D eigenvalue weighted by Crippen LogP contribution is 2.35. The molecule has 1 atom stereocenters. The Labute approximate surface area is 132 Å². The smallest absolute Gasteiger partial charge is 0.112 e. The summed E-state index contributed by atoms with van der Waals surface area (Å²) in [7, 11) is 0. The summed E-state index contributed by atoms with van der Waals surface area (Å²) in [5, 5.41) is 11.7. The minimum Gasteiger partial charge on any atom is -0.613 e. The predicted octanol–water partition coefficient (Wildman–Crippen LogP) is 4.11. The van der Waals surface area contributed by atoms with E-state index in [1.54, 1.807) is 0 Å². The van der Waals surface area contributed by atoms with Crippen LogP contribution in [0.25, 0.3) is 0 Å². The van der Waals surface area contributed by atoms with Gasteiger partial charge in [-0.3, -0.25) is 5.17 Å². The molecule has 0 bridgehead atoms. The Morgan fingerprint density at radius 1 is 0.810 bits per heavy atom. The van der Waals surface area contributed by atoms with E-state index in [-0.39, 0.29) is 10.7 Å². The summed E-state index contributed by atoms with van der Waals surface area (Å²) in [4.78, 5) is 0. The van der Waals surface area contributed by atoms with Crippen LogP contribution in [0.2, 0.25) is 0 Å². The molecule has 3 heteroatoms. The quantitative estimate of drug-likeness (QED) is 0.595. The molecule has 3 N–H and O–H groups in total. The zero-order valence-electron chi connectivity index (χ0n) is 14.7. The second kappa shape index (κ2) is 9.12. The zero-order valence-corrected chi connectivity index (χ0v) is 14.7. The highest BCUT2D eigenvalue weighted by atomic mass is 16.5. The predicted molar refractivity (Wildman–Crippen MR) is 90.7 cm³/mol. The number of hydroxylamine groups is 1. The Hall–Kier alpha value is -0.120. The van der Waals surface area contributed by atoms with E-state index in [2.05, 4.69) is 20.8 Å². The molecule has 126 valence electrons. The summed E-state index contributed by atoms with van der Waals surface area (Å²) in [6, 6.07) is 0. The SMILES string of the molecule is CCC1(C)CCCCCCC(C)([NH+](N)[O-])CCCCCC1. The van der Waals surface area contributed by atoms with Crippen LogP contribution in [0.3, 0.4) is 0 Å². The van der Waals surface area contributed by atoms with Crippen LogP contribution in [0.1, 0.15) is 104 Å². The van der Waals surface area contributed by atoms with Crippen LogP contribution in [-0.4, -0.2) is 5.54 Å². The van der Waals surface area contributed by atoms with Gasteiger partial charge in [-0.1, -0.05) is 58.8 Å². The fourth-order valence-electron chi connectivity index (χ4n) is 3.69. The molecule has 0 aromatic rings. The van der Waals surface area contributed by atoms with Gasteiger partial charge in [0.05, 0.1) is 0 Å². The third-order valence-corrected chi connectivity index (χ3v) is 5.97. The summed E-state index contributed by atoms with van der Waals surface area (Å²) >= 11 is 0. The van der Waals surface area contributed by atoms with Crippen molar-refractivity contribution in [2.75, 3.05) is 0 Å². The van der Waals surface area contributed by atoms with E-state index < -0.39 is 0 Å². The van der Waals surface area contributed by atoms with Gasteiger partial charge in [0.25, 0.3) is 0 Å². The van der Waals surface area contributed by atoms with Gasteiger partial charge < -0.3 is 5.21 Å². The van der Waals surface area contributed by atoms with Crippen LogP contribution in [-0.2, 0) is 0 Å². The molecule has 1 aliphatic carbocycles. The lowest BCUT2D eigenvalue weighted by molar-refractivity contribution is -0.916. The van der Waals surface area contributed by atoms with Crippen molar-refractivity contribution in [1.29, 1.82) is 0 Å². The van der Waals surface area contributed by atoms with E-state index in [0.29, 0.717) is 5.41 Å². The van der Waals surface area contributed by atoms with E-state index in [4.69, 9.17) is 5.84 Å². The van der Waals surface area contributed by atoms with Crippen molar-refractivity contribution in [3.63, 3.8) is 0 Å². The number of hydrogen-bond acceptors (Lipinski definition) is 2. The van der Waals surface area contributed by atoms with Gasteiger partial charge >= 0.3 is 0 Å². The maximum Gasteiger partial charge on any atom is 0.112 e. The van der Waals surface area contributed by atoms with E-state index in [1.165, 1.54) is 57.8 Å². The maximum atomic E-state index is 11.8. The van der Waals surface area contributed by atoms with Crippen LogP contribution in [0, 0.1) is 10.6 Å². The number of nitrogens with one attached hydrogen (secondary N) is 1. The first-order valence-electron chi connectivity index (χ1n) is 9.22. The molecule has 0 saturated heterocycles. The molecule has 21 heavy (non-hydrogen) atoms. The molecule has 1 unspecified atom stereocenters. The Morgan fingerprint density at radius 3 is 1.52 bits per heavy atom. The fourth-order valence-corrected chi connectivity index (χ4v) is 3.69. The molecule has 1 fully saturated rings. The van der Waals surface area contributed by atoms with E-state index in [1.807, 2.05) is 0 Å². The van der Waals surface area contributed by atoms with E-state index >= 15 is 0 Å². The normalized spacial score (nSPS) is 35.9. The zero-order chi connectivity index (χ0) is 15.8. The Bertz CT molecular complexity index is 262. The van der Waals surface area contributed by atoms with Crippen molar-refractivity contribution in [2.24, 2.45) is 11.3 Å². The molecule has 1 saturated carbocycles. The maximum absolute atomic E-state index is 11.8. The summed E-state index contributed by atoms with van der Waals surface area (Å²) in [6.45, 7) is 6.90. The molecule has 1 rings (SSSR count). The largest absolute Gasteiger partial charge is 0.613 e. The van der Waals surface area contributed by atoms with Crippen molar-refractivity contribution >= 4 is 0 Å². The number of rotatable bonds is 2. The first-order valence-corrected chi connectivity index (χ1v) is 9.22. The molecule has 0 aromatic heterocycles. The molecule has 0 heterocycles. The minimum atomic E-state index is -0.262. The molecular formula is C18H38N2O. The van der Waals surface area contributed by atoms with Crippen molar-refractivity contribution in [3.05, 3.63) is 5.21 Å². The van der Waals surface area contributed by atoms with Gasteiger partial charge in [-0.25, -0.2) is 0 Å². The number of nitrogens with two attached hydrogens (primary N) is 1. The third kappa shape index (κ3) is 6.66. The van der Waals surface area contributed by atoms with Gasteiger partial charge in [0, 0.05) is 12.8 Å². The van der Waals surface area contributed by atoms with Crippen molar-refractivity contribution in [2.45, 2.75) is 110 Å². The first kappa shape index (κ1) is 18.9. The molecule has 0 radical (unpaired) electrons. The van der Waals surface area contributed by atoms with Gasteiger partial charge in [0.15, 0.2) is 0 Å². The Morgan fingerprint density at radius 2 is 1.19 bits per heavy atom. The monoisotopic (exact) mass is 298 g/mol. The summed E-state index contributed by atoms with van der Waals surface area (Å²) < 4.78 is 0. The second-order valence-electron chi connectivity index (χ2n) is 7.92. The van der Waals surface area contributed by atoms with Crippen LogP contribution in [0.15, 0.2) is 0 Å². The van der Waals surface area contributed by atoms with Crippen molar-refractivity contribution in [1.82, 2.24) is 0 Å². The molecular weight excluding hydrogens is 260 g/mol. The molecule has 0 aromatic carbocycles. The van der Waals surface area contributed by atoms with Gasteiger partial charge in [0.2, 0.25) is 0 Å². The van der Waals surface area contributed by atoms with E-state index in [0.717, 1.165) is 25.7 Å². The molecule has 0 amide bonds. The Kier molecular flexibility index (Phi) is 8.22.